The number of piperidine rings is 1. The van der Waals surface area contributed by atoms with Crippen LogP contribution in [0.2, 0.25) is 0 Å². The molecule has 0 aliphatic carbocycles. The van der Waals surface area contributed by atoms with Crippen LogP contribution in [0.3, 0.4) is 0 Å². The molecule has 1 aliphatic rings. The first-order valence-corrected chi connectivity index (χ1v) is 9.16. The summed E-state index contributed by atoms with van der Waals surface area (Å²) in [6.07, 6.45) is 3.21. The van der Waals surface area contributed by atoms with E-state index in [2.05, 4.69) is 5.32 Å². The van der Waals surface area contributed by atoms with Crippen molar-refractivity contribution in [3.05, 3.63) is 35.6 Å². The van der Waals surface area contributed by atoms with E-state index in [0.717, 1.165) is 19.1 Å². The fraction of sp³-hybridized carbons (Fsp3) is 0.533. The van der Waals surface area contributed by atoms with Crippen LogP contribution in [0.1, 0.15) is 37.8 Å². The molecule has 22 heavy (non-hydrogen) atoms. The van der Waals surface area contributed by atoms with Gasteiger partial charge in [-0.05, 0) is 37.5 Å². The molecule has 0 spiro atoms. The summed E-state index contributed by atoms with van der Waals surface area (Å²) >= 11 is 0. The van der Waals surface area contributed by atoms with Gasteiger partial charge in [0.05, 0.1) is 12.3 Å². The normalized spacial score (nSPS) is 21.3. The van der Waals surface area contributed by atoms with Crippen molar-refractivity contribution in [2.24, 2.45) is 0 Å². The summed E-state index contributed by atoms with van der Waals surface area (Å²) in [5.41, 5.74) is 0.648. The molecule has 1 saturated heterocycles. The topological polar surface area (TPSA) is 66.5 Å². The van der Waals surface area contributed by atoms with E-state index in [1.165, 1.54) is 16.4 Å². The van der Waals surface area contributed by atoms with Gasteiger partial charge in [0.1, 0.15) is 11.9 Å². The Bertz CT molecular complexity index is 648. The molecule has 1 heterocycles. The van der Waals surface area contributed by atoms with Crippen molar-refractivity contribution in [1.29, 1.82) is 0 Å². The highest BCUT2D eigenvalue weighted by Crippen LogP contribution is 2.21. The molecule has 0 aromatic heterocycles. The maximum Gasteiger partial charge on any atom is 0.238 e. The number of nitrogens with one attached hydrogen (secondary N) is 1. The van der Waals surface area contributed by atoms with E-state index in [-0.39, 0.29) is 17.8 Å². The minimum Gasteiger partial charge on any atom is -0.348 e. The molecule has 7 heteroatoms. The third kappa shape index (κ3) is 4.04. The lowest BCUT2D eigenvalue weighted by Crippen LogP contribution is -2.51. The van der Waals surface area contributed by atoms with Gasteiger partial charge in [0.2, 0.25) is 15.9 Å². The highest BCUT2D eigenvalue weighted by Gasteiger charge is 2.34. The third-order valence-electron chi connectivity index (χ3n) is 3.89. The van der Waals surface area contributed by atoms with Crippen molar-refractivity contribution in [3.8, 4) is 0 Å². The van der Waals surface area contributed by atoms with Crippen LogP contribution in [0.15, 0.2) is 24.3 Å². The first-order chi connectivity index (χ1) is 10.3. The van der Waals surface area contributed by atoms with Crippen LogP contribution in [-0.2, 0) is 14.8 Å². The zero-order valence-corrected chi connectivity index (χ0v) is 13.6. The third-order valence-corrected chi connectivity index (χ3v) is 5.18. The number of nitrogens with zero attached hydrogens (tertiary/aromatic N) is 1. The average molecular weight is 328 g/mol. The Morgan fingerprint density at radius 3 is 2.77 bits per heavy atom. The average Bonchev–Trinajstić information content (AvgIpc) is 2.46. The van der Waals surface area contributed by atoms with Gasteiger partial charge in [0.25, 0.3) is 0 Å². The summed E-state index contributed by atoms with van der Waals surface area (Å²) in [4.78, 5) is 12.4. The van der Waals surface area contributed by atoms with E-state index in [1.54, 1.807) is 19.1 Å². The molecule has 1 fully saturated rings. The van der Waals surface area contributed by atoms with Gasteiger partial charge >= 0.3 is 0 Å². The highest BCUT2D eigenvalue weighted by atomic mass is 32.2. The molecular formula is C15H21FN2O3S. The number of rotatable bonds is 4. The largest absolute Gasteiger partial charge is 0.348 e. The number of hydrogen-bond donors (Lipinski definition) is 1. The van der Waals surface area contributed by atoms with Crippen LogP contribution in [0.25, 0.3) is 0 Å². The molecule has 1 amide bonds. The molecule has 0 unspecified atom stereocenters. The number of benzene rings is 1. The molecule has 2 rings (SSSR count). The van der Waals surface area contributed by atoms with E-state index in [4.69, 9.17) is 0 Å². The van der Waals surface area contributed by atoms with Crippen LogP contribution < -0.4 is 5.32 Å². The molecule has 2 atom stereocenters. The smallest absolute Gasteiger partial charge is 0.238 e. The van der Waals surface area contributed by atoms with Gasteiger partial charge in [-0.25, -0.2) is 12.8 Å². The molecule has 1 N–H and O–H groups in total. The summed E-state index contributed by atoms with van der Waals surface area (Å²) in [7, 11) is -3.41. The Morgan fingerprint density at radius 1 is 1.41 bits per heavy atom. The van der Waals surface area contributed by atoms with Gasteiger partial charge < -0.3 is 5.32 Å². The summed E-state index contributed by atoms with van der Waals surface area (Å²) in [5, 5.41) is 2.78. The first kappa shape index (κ1) is 16.9. The van der Waals surface area contributed by atoms with E-state index in [1.807, 2.05) is 0 Å². The molecule has 1 aliphatic heterocycles. The number of carbonyl (C=O) groups is 1. The van der Waals surface area contributed by atoms with Crippen molar-refractivity contribution in [1.82, 2.24) is 9.62 Å². The van der Waals surface area contributed by atoms with Crippen molar-refractivity contribution in [2.45, 2.75) is 38.3 Å². The monoisotopic (exact) mass is 328 g/mol. The number of halogens is 1. The minimum atomic E-state index is -3.41. The van der Waals surface area contributed by atoms with Gasteiger partial charge in [-0.3, -0.25) is 4.79 Å². The van der Waals surface area contributed by atoms with Gasteiger partial charge in [0, 0.05) is 6.54 Å². The number of amides is 1. The SMILES string of the molecule is C[C@@H](NC(=O)[C@H]1CCCCN1S(C)(=O)=O)c1cccc(F)c1. The predicted molar refractivity (Wildman–Crippen MR) is 82.1 cm³/mol. The van der Waals surface area contributed by atoms with E-state index in [9.17, 15) is 17.6 Å². The fourth-order valence-corrected chi connectivity index (χ4v) is 3.86. The van der Waals surface area contributed by atoms with Gasteiger partial charge in [-0.1, -0.05) is 18.6 Å². The molecule has 0 bridgehead atoms. The van der Waals surface area contributed by atoms with Crippen LogP contribution in [-0.4, -0.2) is 37.5 Å². The fourth-order valence-electron chi connectivity index (χ4n) is 2.73. The Morgan fingerprint density at radius 2 is 2.14 bits per heavy atom. The highest BCUT2D eigenvalue weighted by molar-refractivity contribution is 7.88. The predicted octanol–water partition coefficient (Wildman–Crippen LogP) is 1.82. The summed E-state index contributed by atoms with van der Waals surface area (Å²) in [6.45, 7) is 2.12. The Hall–Kier alpha value is -1.47. The summed E-state index contributed by atoms with van der Waals surface area (Å²) in [6, 6.07) is 4.94. The Balaban J connectivity index is 2.10. The molecule has 122 valence electrons. The van der Waals surface area contributed by atoms with E-state index in [0.29, 0.717) is 18.5 Å². The van der Waals surface area contributed by atoms with Crippen molar-refractivity contribution in [2.75, 3.05) is 12.8 Å². The Labute approximate surface area is 130 Å². The Kier molecular flexibility index (Phi) is 5.18. The van der Waals surface area contributed by atoms with Crippen LogP contribution in [0.5, 0.6) is 0 Å². The van der Waals surface area contributed by atoms with Crippen LogP contribution >= 0.6 is 0 Å². The zero-order chi connectivity index (χ0) is 16.3. The maximum absolute atomic E-state index is 13.2. The van der Waals surface area contributed by atoms with Crippen LogP contribution in [0, 0.1) is 5.82 Å². The van der Waals surface area contributed by atoms with E-state index >= 15 is 0 Å². The number of carbonyl (C=O) groups excluding carboxylic acids is 1. The quantitative estimate of drug-likeness (QED) is 0.917. The molecule has 0 saturated carbocycles. The van der Waals surface area contributed by atoms with Crippen molar-refractivity contribution < 1.29 is 17.6 Å². The minimum absolute atomic E-state index is 0.332. The lowest BCUT2D eigenvalue weighted by atomic mass is 10.0. The molecule has 0 radical (unpaired) electrons. The number of sulfonamides is 1. The lowest BCUT2D eigenvalue weighted by molar-refractivity contribution is -0.126. The maximum atomic E-state index is 13.2. The zero-order valence-electron chi connectivity index (χ0n) is 12.8. The van der Waals surface area contributed by atoms with Crippen LogP contribution in [0.4, 0.5) is 4.39 Å². The molecule has 1 aromatic carbocycles. The van der Waals surface area contributed by atoms with Crippen molar-refractivity contribution >= 4 is 15.9 Å². The molecular weight excluding hydrogens is 307 g/mol. The van der Waals surface area contributed by atoms with Crippen molar-refractivity contribution in [3.63, 3.8) is 0 Å². The molecule has 5 nitrogen and oxygen atoms in total. The summed E-state index contributed by atoms with van der Waals surface area (Å²) < 4.78 is 38.1. The van der Waals surface area contributed by atoms with Gasteiger partial charge in [0.15, 0.2) is 0 Å². The van der Waals surface area contributed by atoms with Gasteiger partial charge in [-0.2, -0.15) is 4.31 Å². The second kappa shape index (κ2) is 6.75. The lowest BCUT2D eigenvalue weighted by Gasteiger charge is -2.33. The van der Waals surface area contributed by atoms with E-state index < -0.39 is 16.1 Å². The van der Waals surface area contributed by atoms with Gasteiger partial charge in [-0.15, -0.1) is 0 Å². The standard InChI is InChI=1S/C15H21FN2O3S/c1-11(12-6-5-7-13(16)10-12)17-15(19)14-8-3-4-9-18(14)22(2,20)21/h5-7,10-11,14H,3-4,8-9H2,1-2H3,(H,17,19)/t11-,14-/m1/s1. The second-order valence-electron chi connectivity index (χ2n) is 5.67. The first-order valence-electron chi connectivity index (χ1n) is 7.31. The summed E-state index contributed by atoms with van der Waals surface area (Å²) in [5.74, 6) is -0.698. The molecule has 1 aromatic rings. The number of hydrogen-bond acceptors (Lipinski definition) is 3. The second-order valence-corrected chi connectivity index (χ2v) is 7.61.